The summed E-state index contributed by atoms with van der Waals surface area (Å²) in [5.41, 5.74) is 2.70. The van der Waals surface area contributed by atoms with E-state index in [-0.39, 0.29) is 24.0 Å². The van der Waals surface area contributed by atoms with E-state index in [1.807, 2.05) is 51.1 Å². The van der Waals surface area contributed by atoms with E-state index in [9.17, 15) is 14.7 Å². The van der Waals surface area contributed by atoms with Crippen molar-refractivity contribution in [2.24, 2.45) is 0 Å². The van der Waals surface area contributed by atoms with Gasteiger partial charge in [0.25, 0.3) is 11.7 Å². The van der Waals surface area contributed by atoms with Crippen LogP contribution in [-0.2, 0) is 16.1 Å². The van der Waals surface area contributed by atoms with Gasteiger partial charge >= 0.3 is 0 Å². The monoisotopic (exact) mass is 501 g/mol. The lowest BCUT2D eigenvalue weighted by atomic mass is 9.94. The lowest BCUT2D eigenvalue weighted by Crippen LogP contribution is -2.29. The van der Waals surface area contributed by atoms with Gasteiger partial charge in [-0.15, -0.1) is 0 Å². The van der Waals surface area contributed by atoms with Gasteiger partial charge in [0.2, 0.25) is 0 Å². The Hall–Kier alpha value is -4.26. The summed E-state index contributed by atoms with van der Waals surface area (Å²) < 4.78 is 16.5. The van der Waals surface area contributed by atoms with Gasteiger partial charge < -0.3 is 24.2 Å². The van der Waals surface area contributed by atoms with Crippen LogP contribution in [0.3, 0.4) is 0 Å². The second-order valence-corrected chi connectivity index (χ2v) is 9.20. The van der Waals surface area contributed by atoms with Crippen molar-refractivity contribution in [3.63, 3.8) is 0 Å². The summed E-state index contributed by atoms with van der Waals surface area (Å²) in [6.07, 6.45) is -0.00536. The number of amides is 1. The van der Waals surface area contributed by atoms with Crippen LogP contribution in [-0.4, -0.2) is 42.0 Å². The molecule has 0 saturated carbocycles. The molecule has 1 aliphatic heterocycles. The minimum Gasteiger partial charge on any atom is -0.507 e. The van der Waals surface area contributed by atoms with Crippen LogP contribution in [0.5, 0.6) is 17.2 Å². The van der Waals surface area contributed by atoms with E-state index >= 15 is 0 Å². The van der Waals surface area contributed by atoms with Crippen LogP contribution in [0, 0.1) is 6.92 Å². The van der Waals surface area contributed by atoms with Crippen LogP contribution in [0.25, 0.3) is 5.76 Å². The van der Waals surface area contributed by atoms with Crippen LogP contribution in [0.15, 0.2) is 72.3 Å². The topological polar surface area (TPSA) is 85.3 Å². The predicted octanol–water partition coefficient (Wildman–Crippen LogP) is 5.42. The number of methoxy groups -OCH3 is 2. The van der Waals surface area contributed by atoms with Gasteiger partial charge in [0.15, 0.2) is 0 Å². The van der Waals surface area contributed by atoms with E-state index < -0.39 is 17.7 Å². The van der Waals surface area contributed by atoms with Crippen molar-refractivity contribution in [1.82, 2.24) is 4.90 Å². The third kappa shape index (κ3) is 5.31. The third-order valence-electron chi connectivity index (χ3n) is 6.24. The number of Topliss-reactive ketones (excluding diaryl/α,β-unsaturated/α-hetero) is 1. The summed E-state index contributed by atoms with van der Waals surface area (Å²) in [5.74, 6) is 0.246. The van der Waals surface area contributed by atoms with Crippen LogP contribution >= 0.6 is 0 Å². The SMILES string of the molecule is COc1cccc(C2/C(=C(/O)c3ccc(OC)c(C)c3)C(=O)C(=O)N2Cc2cccc(OC(C)C)c2)c1. The highest BCUT2D eigenvalue weighted by molar-refractivity contribution is 6.46. The fourth-order valence-corrected chi connectivity index (χ4v) is 4.57. The average Bonchev–Trinajstić information content (AvgIpc) is 3.13. The van der Waals surface area contributed by atoms with E-state index in [1.54, 1.807) is 50.6 Å². The first-order valence-corrected chi connectivity index (χ1v) is 12.1. The van der Waals surface area contributed by atoms with Crippen molar-refractivity contribution < 1.29 is 28.9 Å². The van der Waals surface area contributed by atoms with Gasteiger partial charge in [0.1, 0.15) is 23.0 Å². The maximum atomic E-state index is 13.4. The fourth-order valence-electron chi connectivity index (χ4n) is 4.57. The zero-order valence-electron chi connectivity index (χ0n) is 21.6. The van der Waals surface area contributed by atoms with Gasteiger partial charge in [-0.3, -0.25) is 9.59 Å². The molecule has 7 nitrogen and oxygen atoms in total. The molecule has 0 aromatic heterocycles. The van der Waals surface area contributed by atoms with Crippen LogP contribution in [0.4, 0.5) is 0 Å². The summed E-state index contributed by atoms with van der Waals surface area (Å²) in [7, 11) is 3.12. The number of carbonyl (C=O) groups is 2. The molecule has 192 valence electrons. The Labute approximate surface area is 216 Å². The Morgan fingerprint density at radius 2 is 1.68 bits per heavy atom. The number of aryl methyl sites for hydroxylation is 1. The lowest BCUT2D eigenvalue weighted by molar-refractivity contribution is -0.140. The zero-order valence-corrected chi connectivity index (χ0v) is 21.6. The van der Waals surface area contributed by atoms with Gasteiger partial charge in [0.05, 0.1) is 31.9 Å². The number of carbonyl (C=O) groups excluding carboxylic acids is 2. The molecule has 1 unspecified atom stereocenters. The Balaban J connectivity index is 1.83. The minimum atomic E-state index is -0.813. The molecular formula is C30H31NO6. The molecule has 0 spiro atoms. The maximum absolute atomic E-state index is 13.4. The van der Waals surface area contributed by atoms with Gasteiger partial charge in [0, 0.05) is 12.1 Å². The molecule has 1 heterocycles. The number of hydrogen-bond acceptors (Lipinski definition) is 6. The van der Waals surface area contributed by atoms with Crippen LogP contribution < -0.4 is 14.2 Å². The van der Waals surface area contributed by atoms with Crippen LogP contribution in [0.2, 0.25) is 0 Å². The maximum Gasteiger partial charge on any atom is 0.295 e. The molecule has 1 N–H and O–H groups in total. The second-order valence-electron chi connectivity index (χ2n) is 9.20. The number of nitrogens with zero attached hydrogens (tertiary/aromatic N) is 1. The number of aliphatic hydroxyl groups is 1. The smallest absolute Gasteiger partial charge is 0.295 e. The number of aliphatic hydroxyl groups excluding tert-OH is 1. The first kappa shape index (κ1) is 25.8. The second kappa shape index (κ2) is 10.8. The minimum absolute atomic E-state index is 0.00536. The van der Waals surface area contributed by atoms with Crippen molar-refractivity contribution >= 4 is 17.4 Å². The molecule has 7 heteroatoms. The number of rotatable bonds is 8. The molecule has 3 aromatic rings. The number of hydrogen-bond donors (Lipinski definition) is 1. The van der Waals surface area contributed by atoms with Crippen molar-refractivity contribution in [2.45, 2.75) is 39.5 Å². The summed E-state index contributed by atoms with van der Waals surface area (Å²) in [6, 6.07) is 18.9. The number of likely N-dealkylation sites (tertiary alicyclic amines) is 1. The molecule has 4 rings (SSSR count). The Morgan fingerprint density at radius 3 is 2.35 bits per heavy atom. The molecule has 1 aliphatic rings. The Bertz CT molecular complexity index is 1360. The predicted molar refractivity (Wildman–Crippen MR) is 141 cm³/mol. The van der Waals surface area contributed by atoms with Gasteiger partial charge in [-0.05, 0) is 79.9 Å². The molecule has 1 fully saturated rings. The first-order valence-electron chi connectivity index (χ1n) is 12.1. The van der Waals surface area contributed by atoms with Crippen molar-refractivity contribution in [3.05, 3.63) is 94.6 Å². The summed E-state index contributed by atoms with van der Waals surface area (Å²) in [4.78, 5) is 28.2. The molecule has 1 amide bonds. The van der Waals surface area contributed by atoms with E-state index in [2.05, 4.69) is 0 Å². The molecule has 1 saturated heterocycles. The quantitative estimate of drug-likeness (QED) is 0.252. The van der Waals surface area contributed by atoms with E-state index in [4.69, 9.17) is 14.2 Å². The normalized spacial score (nSPS) is 16.8. The van der Waals surface area contributed by atoms with Crippen molar-refractivity contribution in [3.8, 4) is 17.2 Å². The molecule has 0 aliphatic carbocycles. The standard InChI is InChI=1S/C30H31NO6/c1-18(2)37-24-11-6-8-20(15-24)17-31-27(21-9-7-10-23(16-21)35-4)26(29(33)30(31)34)28(32)22-12-13-25(36-5)19(3)14-22/h6-16,18,27,32H,17H2,1-5H3/b28-26-. The highest BCUT2D eigenvalue weighted by Gasteiger charge is 2.46. The van der Waals surface area contributed by atoms with Gasteiger partial charge in [-0.1, -0.05) is 24.3 Å². The van der Waals surface area contributed by atoms with Gasteiger partial charge in [-0.25, -0.2) is 0 Å². The molecule has 0 bridgehead atoms. The van der Waals surface area contributed by atoms with Crippen molar-refractivity contribution in [1.29, 1.82) is 0 Å². The van der Waals surface area contributed by atoms with E-state index in [0.717, 1.165) is 11.1 Å². The number of benzene rings is 3. The van der Waals surface area contributed by atoms with Gasteiger partial charge in [-0.2, -0.15) is 0 Å². The third-order valence-corrected chi connectivity index (χ3v) is 6.24. The average molecular weight is 502 g/mol. The number of ether oxygens (including phenoxy) is 3. The Kier molecular flexibility index (Phi) is 7.53. The molecule has 3 aromatic carbocycles. The summed E-state index contributed by atoms with van der Waals surface area (Å²) in [5, 5.41) is 11.4. The highest BCUT2D eigenvalue weighted by Crippen LogP contribution is 2.41. The molecular weight excluding hydrogens is 470 g/mol. The van der Waals surface area contributed by atoms with E-state index in [0.29, 0.717) is 28.4 Å². The van der Waals surface area contributed by atoms with E-state index in [1.165, 1.54) is 4.90 Å². The lowest BCUT2D eigenvalue weighted by Gasteiger charge is -2.26. The molecule has 1 atom stereocenters. The fraction of sp³-hybridized carbons (Fsp3) is 0.267. The zero-order chi connectivity index (χ0) is 26.7. The first-order chi connectivity index (χ1) is 17.7. The Morgan fingerprint density at radius 1 is 0.946 bits per heavy atom. The summed E-state index contributed by atoms with van der Waals surface area (Å²) >= 11 is 0. The van der Waals surface area contributed by atoms with Crippen LogP contribution in [0.1, 0.15) is 42.1 Å². The van der Waals surface area contributed by atoms with Crippen molar-refractivity contribution in [2.75, 3.05) is 14.2 Å². The highest BCUT2D eigenvalue weighted by atomic mass is 16.5. The molecule has 0 radical (unpaired) electrons. The molecule has 37 heavy (non-hydrogen) atoms. The summed E-state index contributed by atoms with van der Waals surface area (Å²) in [6.45, 7) is 5.88. The number of ketones is 1. The largest absolute Gasteiger partial charge is 0.507 e.